The van der Waals surface area contributed by atoms with Crippen molar-refractivity contribution in [3.05, 3.63) is 28.8 Å². The summed E-state index contributed by atoms with van der Waals surface area (Å²) in [6.45, 7) is 6.91. The summed E-state index contributed by atoms with van der Waals surface area (Å²) in [4.78, 5) is 36.9. The van der Waals surface area contributed by atoms with E-state index in [2.05, 4.69) is 0 Å². The first-order chi connectivity index (χ1) is 9.31. The highest BCUT2D eigenvalue weighted by Crippen LogP contribution is 2.33. The van der Waals surface area contributed by atoms with Crippen molar-refractivity contribution in [2.24, 2.45) is 0 Å². The maximum absolute atomic E-state index is 12.0. The monoisotopic (exact) mass is 275 g/mol. The van der Waals surface area contributed by atoms with E-state index in [-0.39, 0.29) is 12.6 Å². The van der Waals surface area contributed by atoms with Crippen molar-refractivity contribution < 1.29 is 19.1 Å². The molecular weight excluding hydrogens is 258 g/mol. The molecule has 1 aromatic carbocycles. The van der Waals surface area contributed by atoms with Gasteiger partial charge in [-0.25, -0.2) is 0 Å². The Labute approximate surface area is 117 Å². The maximum atomic E-state index is 12.0. The number of ketones is 1. The third-order valence-electron chi connectivity index (χ3n) is 3.05. The van der Waals surface area contributed by atoms with Crippen LogP contribution in [0, 0.1) is 13.8 Å². The minimum atomic E-state index is -0.672. The van der Waals surface area contributed by atoms with E-state index >= 15 is 0 Å². The number of anilines is 1. The third-order valence-corrected chi connectivity index (χ3v) is 3.05. The number of Topliss-reactive ketones (excluding diaryl/α,β-unsaturated/α-hetero) is 1. The smallest absolute Gasteiger partial charge is 0.326 e. The molecule has 0 atom stereocenters. The molecule has 2 rings (SSSR count). The fraction of sp³-hybridized carbons (Fsp3) is 0.400. The van der Waals surface area contributed by atoms with Crippen LogP contribution in [0.5, 0.6) is 0 Å². The van der Waals surface area contributed by atoms with E-state index in [0.29, 0.717) is 11.3 Å². The van der Waals surface area contributed by atoms with Crippen molar-refractivity contribution in [1.82, 2.24) is 0 Å². The summed E-state index contributed by atoms with van der Waals surface area (Å²) in [7, 11) is 0. The van der Waals surface area contributed by atoms with Crippen LogP contribution in [0.1, 0.15) is 35.3 Å². The molecule has 5 heteroatoms. The fourth-order valence-corrected chi connectivity index (χ4v) is 2.41. The highest BCUT2D eigenvalue weighted by Gasteiger charge is 2.38. The molecule has 5 nitrogen and oxygen atoms in total. The number of esters is 1. The second kappa shape index (κ2) is 5.07. The molecule has 0 unspecified atom stereocenters. The van der Waals surface area contributed by atoms with Gasteiger partial charge in [-0.3, -0.25) is 19.3 Å². The van der Waals surface area contributed by atoms with E-state index in [4.69, 9.17) is 4.74 Å². The van der Waals surface area contributed by atoms with Gasteiger partial charge in [-0.2, -0.15) is 0 Å². The number of ether oxygens (including phenoxy) is 1. The second-order valence-electron chi connectivity index (χ2n) is 5.24. The highest BCUT2D eigenvalue weighted by molar-refractivity contribution is 6.52. The van der Waals surface area contributed by atoms with Crippen molar-refractivity contribution >= 4 is 23.3 Å². The van der Waals surface area contributed by atoms with E-state index in [1.807, 2.05) is 19.9 Å². The van der Waals surface area contributed by atoms with Crippen molar-refractivity contribution in [3.8, 4) is 0 Å². The lowest BCUT2D eigenvalue weighted by molar-refractivity contribution is -0.146. The normalized spacial score (nSPS) is 13.9. The van der Waals surface area contributed by atoms with Gasteiger partial charge in [0.1, 0.15) is 6.54 Å². The van der Waals surface area contributed by atoms with Crippen LogP contribution in [0.3, 0.4) is 0 Å². The second-order valence-corrected chi connectivity index (χ2v) is 5.24. The summed E-state index contributed by atoms with van der Waals surface area (Å²) in [6, 6.07) is 3.56. The molecule has 1 aromatic rings. The van der Waals surface area contributed by atoms with Crippen molar-refractivity contribution in [3.63, 3.8) is 0 Å². The molecule has 0 fully saturated rings. The Balaban J connectivity index is 2.36. The minimum absolute atomic E-state index is 0.236. The van der Waals surface area contributed by atoms with Crippen LogP contribution >= 0.6 is 0 Å². The molecule has 1 amide bonds. The van der Waals surface area contributed by atoms with Gasteiger partial charge < -0.3 is 4.74 Å². The topological polar surface area (TPSA) is 63.7 Å². The molecule has 0 N–H and O–H groups in total. The van der Waals surface area contributed by atoms with E-state index in [9.17, 15) is 14.4 Å². The lowest BCUT2D eigenvalue weighted by Gasteiger charge is -2.18. The number of fused-ring (bicyclic) bond motifs is 1. The first kappa shape index (κ1) is 14.2. The van der Waals surface area contributed by atoms with Crippen LogP contribution in [0.2, 0.25) is 0 Å². The molecule has 0 saturated heterocycles. The number of carbonyl (C=O) groups excluding carboxylic acids is 3. The van der Waals surface area contributed by atoms with Crippen LogP contribution in [-0.4, -0.2) is 30.3 Å². The zero-order chi connectivity index (χ0) is 15.0. The third kappa shape index (κ3) is 2.43. The summed E-state index contributed by atoms with van der Waals surface area (Å²) in [5.41, 5.74) is 2.60. The first-order valence-corrected chi connectivity index (χ1v) is 6.48. The average molecular weight is 275 g/mol. The number of hydrogen-bond donors (Lipinski definition) is 0. The van der Waals surface area contributed by atoms with Gasteiger partial charge in [0.2, 0.25) is 0 Å². The molecule has 20 heavy (non-hydrogen) atoms. The zero-order valence-corrected chi connectivity index (χ0v) is 12.0. The largest absolute Gasteiger partial charge is 0.462 e. The van der Waals surface area contributed by atoms with Gasteiger partial charge in [-0.15, -0.1) is 0 Å². The number of benzene rings is 1. The number of nitrogens with zero attached hydrogens (tertiary/aromatic N) is 1. The first-order valence-electron chi connectivity index (χ1n) is 6.48. The molecule has 0 aromatic heterocycles. The van der Waals surface area contributed by atoms with Crippen molar-refractivity contribution in [1.29, 1.82) is 0 Å². The fourth-order valence-electron chi connectivity index (χ4n) is 2.41. The number of hydrogen-bond acceptors (Lipinski definition) is 4. The number of amides is 1. The van der Waals surface area contributed by atoms with E-state index in [1.165, 1.54) is 4.90 Å². The molecule has 0 spiro atoms. The lowest BCUT2D eigenvalue weighted by Crippen LogP contribution is -2.36. The maximum Gasteiger partial charge on any atom is 0.326 e. The predicted molar refractivity (Wildman–Crippen MR) is 73.8 cm³/mol. The van der Waals surface area contributed by atoms with Gasteiger partial charge in [0.15, 0.2) is 0 Å². The molecule has 0 radical (unpaired) electrons. The van der Waals surface area contributed by atoms with Crippen LogP contribution in [0.25, 0.3) is 0 Å². The predicted octanol–water partition coefficient (Wildman–Crippen LogP) is 1.78. The molecule has 1 aliphatic rings. The highest BCUT2D eigenvalue weighted by atomic mass is 16.5. The molecule has 0 aliphatic carbocycles. The SMILES string of the molecule is Cc1cc(C)c2c(c1)C(=O)C(=O)N2CC(=O)OC(C)C. The molecule has 0 saturated carbocycles. The van der Waals surface area contributed by atoms with E-state index in [0.717, 1.165) is 11.1 Å². The Hall–Kier alpha value is -2.17. The Morgan fingerprint density at radius 3 is 2.50 bits per heavy atom. The Kier molecular flexibility index (Phi) is 3.61. The molecule has 106 valence electrons. The zero-order valence-electron chi connectivity index (χ0n) is 12.0. The summed E-state index contributed by atoms with van der Waals surface area (Å²) >= 11 is 0. The Morgan fingerprint density at radius 2 is 1.90 bits per heavy atom. The quantitative estimate of drug-likeness (QED) is 0.623. The van der Waals surface area contributed by atoms with Crippen molar-refractivity contribution in [2.75, 3.05) is 11.4 Å². The Morgan fingerprint density at radius 1 is 1.25 bits per heavy atom. The van der Waals surface area contributed by atoms with Crippen LogP contribution < -0.4 is 4.90 Å². The van der Waals surface area contributed by atoms with Crippen LogP contribution in [0.4, 0.5) is 5.69 Å². The standard InChI is InChI=1S/C15H17NO4/c1-8(2)20-12(17)7-16-13-10(4)5-9(3)6-11(13)14(18)15(16)19/h5-6,8H,7H2,1-4H3. The number of carbonyl (C=O) groups is 3. The summed E-state index contributed by atoms with van der Waals surface area (Å²) in [5.74, 6) is -1.76. The summed E-state index contributed by atoms with van der Waals surface area (Å²) in [6.07, 6.45) is -0.255. The van der Waals surface area contributed by atoms with Crippen molar-refractivity contribution in [2.45, 2.75) is 33.8 Å². The van der Waals surface area contributed by atoms with E-state index < -0.39 is 17.7 Å². The molecule has 1 aliphatic heterocycles. The Bertz CT molecular complexity index is 604. The summed E-state index contributed by atoms with van der Waals surface area (Å²) in [5, 5.41) is 0. The molecular formula is C15H17NO4. The number of aryl methyl sites for hydroxylation is 2. The van der Waals surface area contributed by atoms with Gasteiger partial charge in [0.05, 0.1) is 17.4 Å². The molecule has 1 heterocycles. The van der Waals surface area contributed by atoms with E-state index in [1.54, 1.807) is 19.9 Å². The van der Waals surface area contributed by atoms with Crippen LogP contribution in [-0.2, 0) is 14.3 Å². The summed E-state index contributed by atoms with van der Waals surface area (Å²) < 4.78 is 5.03. The lowest BCUT2D eigenvalue weighted by atomic mass is 10.0. The van der Waals surface area contributed by atoms with Gasteiger partial charge >= 0.3 is 5.97 Å². The molecule has 0 bridgehead atoms. The van der Waals surface area contributed by atoms with Crippen LogP contribution in [0.15, 0.2) is 12.1 Å². The van der Waals surface area contributed by atoms with Gasteiger partial charge in [0, 0.05) is 0 Å². The van der Waals surface area contributed by atoms with Gasteiger partial charge in [-0.1, -0.05) is 6.07 Å². The van der Waals surface area contributed by atoms with Gasteiger partial charge in [0.25, 0.3) is 11.7 Å². The average Bonchev–Trinajstić information content (AvgIpc) is 2.53. The van der Waals surface area contributed by atoms with Gasteiger partial charge in [-0.05, 0) is 44.9 Å². The number of rotatable bonds is 3. The minimum Gasteiger partial charge on any atom is -0.462 e.